The lowest BCUT2D eigenvalue weighted by atomic mass is 10.1. The zero-order valence-electron chi connectivity index (χ0n) is 19.1. The van der Waals surface area contributed by atoms with Gasteiger partial charge >= 0.3 is 6.09 Å². The normalized spacial score (nSPS) is 11.6. The number of imidazole rings is 1. The number of nitrogens with two attached hydrogens (primary N) is 1. The molecule has 0 aliphatic carbocycles. The number of carbonyl (C=O) groups is 2. The Morgan fingerprint density at radius 2 is 1.84 bits per heavy atom. The van der Waals surface area contributed by atoms with E-state index in [1.807, 2.05) is 58.9 Å². The van der Waals surface area contributed by atoms with Gasteiger partial charge in [0, 0.05) is 30.3 Å². The smallest absolute Gasteiger partial charge is 0.410 e. The number of rotatable bonds is 7. The molecule has 0 saturated heterocycles. The molecule has 2 heterocycles. The standard InChI is InChI=1S/C23H30N6O3/c1-15(2)28(22(31)32-23(3,4)5)13-12-25-19-10-11-20-26-14-18(29(20)27-19)16-6-8-17(9-7-16)21(24)30/h6-11,14-15H,12-13H2,1-5H3,(H2,24,30)(H,25,27). The average Bonchev–Trinajstić information content (AvgIpc) is 3.12. The Morgan fingerprint density at radius 1 is 1.16 bits per heavy atom. The van der Waals surface area contributed by atoms with Crippen LogP contribution in [0.3, 0.4) is 0 Å². The van der Waals surface area contributed by atoms with Gasteiger partial charge in [-0.15, -0.1) is 5.10 Å². The van der Waals surface area contributed by atoms with E-state index in [-0.39, 0.29) is 12.1 Å². The van der Waals surface area contributed by atoms with Crippen LogP contribution in [0.2, 0.25) is 0 Å². The molecule has 2 amide bonds. The van der Waals surface area contributed by atoms with E-state index in [4.69, 9.17) is 10.5 Å². The zero-order chi connectivity index (χ0) is 23.5. The molecule has 170 valence electrons. The predicted molar refractivity (Wildman–Crippen MR) is 124 cm³/mol. The molecule has 0 bridgehead atoms. The maximum absolute atomic E-state index is 12.5. The predicted octanol–water partition coefficient (Wildman–Crippen LogP) is 3.55. The Kier molecular flexibility index (Phi) is 6.67. The molecule has 0 atom stereocenters. The molecule has 0 radical (unpaired) electrons. The molecule has 0 unspecified atom stereocenters. The van der Waals surface area contributed by atoms with Crippen LogP contribution < -0.4 is 11.1 Å². The highest BCUT2D eigenvalue weighted by atomic mass is 16.6. The number of nitrogens with zero attached hydrogens (tertiary/aromatic N) is 4. The number of fused-ring (bicyclic) bond motifs is 1. The number of amides is 2. The summed E-state index contributed by atoms with van der Waals surface area (Å²) in [7, 11) is 0. The lowest BCUT2D eigenvalue weighted by Crippen LogP contribution is -2.43. The minimum atomic E-state index is -0.544. The molecule has 3 aromatic rings. The Bertz CT molecular complexity index is 1100. The van der Waals surface area contributed by atoms with Crippen molar-refractivity contribution < 1.29 is 14.3 Å². The summed E-state index contributed by atoms with van der Waals surface area (Å²) in [5, 5.41) is 7.89. The summed E-state index contributed by atoms with van der Waals surface area (Å²) in [6.45, 7) is 10.4. The zero-order valence-corrected chi connectivity index (χ0v) is 19.1. The summed E-state index contributed by atoms with van der Waals surface area (Å²) in [4.78, 5) is 29.9. The topological polar surface area (TPSA) is 115 Å². The second-order valence-corrected chi connectivity index (χ2v) is 8.77. The van der Waals surface area contributed by atoms with Crippen molar-refractivity contribution >= 4 is 23.5 Å². The van der Waals surface area contributed by atoms with E-state index in [9.17, 15) is 9.59 Å². The highest BCUT2D eigenvalue weighted by Gasteiger charge is 2.23. The minimum Gasteiger partial charge on any atom is -0.444 e. The second kappa shape index (κ2) is 9.25. The van der Waals surface area contributed by atoms with Crippen molar-refractivity contribution in [3.8, 4) is 11.3 Å². The second-order valence-electron chi connectivity index (χ2n) is 8.77. The number of hydrogen-bond acceptors (Lipinski definition) is 6. The van der Waals surface area contributed by atoms with Crippen molar-refractivity contribution in [3.05, 3.63) is 48.2 Å². The number of benzene rings is 1. The third-order valence-electron chi connectivity index (χ3n) is 4.74. The van der Waals surface area contributed by atoms with E-state index in [0.29, 0.717) is 30.1 Å². The van der Waals surface area contributed by atoms with E-state index in [0.717, 1.165) is 11.3 Å². The van der Waals surface area contributed by atoms with Gasteiger partial charge in [0.05, 0.1) is 11.9 Å². The first-order valence-corrected chi connectivity index (χ1v) is 10.5. The van der Waals surface area contributed by atoms with Crippen molar-refractivity contribution in [1.82, 2.24) is 19.5 Å². The van der Waals surface area contributed by atoms with Crippen LogP contribution in [0.15, 0.2) is 42.6 Å². The van der Waals surface area contributed by atoms with E-state index >= 15 is 0 Å². The fourth-order valence-electron chi connectivity index (χ4n) is 3.15. The molecule has 0 aliphatic heterocycles. The molecule has 3 N–H and O–H groups in total. The highest BCUT2D eigenvalue weighted by molar-refractivity contribution is 5.93. The summed E-state index contributed by atoms with van der Waals surface area (Å²) in [6, 6.07) is 10.7. The Hall–Kier alpha value is -3.62. The number of primary amides is 1. The average molecular weight is 439 g/mol. The van der Waals surface area contributed by atoms with E-state index in [1.54, 1.807) is 27.7 Å². The number of anilines is 1. The van der Waals surface area contributed by atoms with Crippen LogP contribution in [0.5, 0.6) is 0 Å². The summed E-state index contributed by atoms with van der Waals surface area (Å²) in [5.41, 5.74) is 7.57. The molecule has 1 aromatic carbocycles. The largest absolute Gasteiger partial charge is 0.444 e. The van der Waals surface area contributed by atoms with Crippen molar-refractivity contribution in [2.75, 3.05) is 18.4 Å². The van der Waals surface area contributed by atoms with Gasteiger partial charge < -0.3 is 20.7 Å². The lowest BCUT2D eigenvalue weighted by Gasteiger charge is -2.30. The first-order valence-electron chi connectivity index (χ1n) is 10.5. The monoisotopic (exact) mass is 438 g/mol. The van der Waals surface area contributed by atoms with Gasteiger partial charge in [0.15, 0.2) is 5.65 Å². The van der Waals surface area contributed by atoms with Crippen LogP contribution >= 0.6 is 0 Å². The summed E-state index contributed by atoms with van der Waals surface area (Å²) in [5.74, 6) is 0.180. The molecule has 0 aliphatic rings. The van der Waals surface area contributed by atoms with Gasteiger partial charge in [-0.2, -0.15) is 0 Å². The maximum Gasteiger partial charge on any atom is 0.410 e. The van der Waals surface area contributed by atoms with Crippen LogP contribution in [-0.2, 0) is 4.74 Å². The summed E-state index contributed by atoms with van der Waals surface area (Å²) >= 11 is 0. The quantitative estimate of drug-likeness (QED) is 0.583. The van der Waals surface area contributed by atoms with Crippen molar-refractivity contribution in [1.29, 1.82) is 0 Å². The number of aromatic nitrogens is 3. The van der Waals surface area contributed by atoms with Crippen LogP contribution in [-0.4, -0.2) is 56.2 Å². The van der Waals surface area contributed by atoms with Crippen LogP contribution in [0.4, 0.5) is 10.6 Å². The first-order chi connectivity index (χ1) is 15.0. The number of carbonyl (C=O) groups excluding carboxylic acids is 2. The molecular weight excluding hydrogens is 408 g/mol. The summed E-state index contributed by atoms with van der Waals surface area (Å²) in [6.07, 6.45) is 1.39. The van der Waals surface area contributed by atoms with Gasteiger partial charge in [0.2, 0.25) is 5.91 Å². The van der Waals surface area contributed by atoms with E-state index < -0.39 is 11.5 Å². The number of nitrogens with one attached hydrogen (secondary N) is 1. The number of ether oxygens (including phenoxy) is 1. The van der Waals surface area contributed by atoms with Crippen molar-refractivity contribution in [2.24, 2.45) is 5.73 Å². The molecule has 32 heavy (non-hydrogen) atoms. The molecule has 9 heteroatoms. The third-order valence-corrected chi connectivity index (χ3v) is 4.74. The van der Waals surface area contributed by atoms with Gasteiger partial charge in [0.25, 0.3) is 0 Å². The Labute approximate surface area is 187 Å². The highest BCUT2D eigenvalue weighted by Crippen LogP contribution is 2.21. The molecule has 0 spiro atoms. The van der Waals surface area contributed by atoms with Gasteiger partial charge in [-0.05, 0) is 58.9 Å². The maximum atomic E-state index is 12.5. The molecule has 3 rings (SSSR count). The van der Waals surface area contributed by atoms with Crippen LogP contribution in [0.1, 0.15) is 45.0 Å². The van der Waals surface area contributed by atoms with Crippen molar-refractivity contribution in [3.63, 3.8) is 0 Å². The fraction of sp³-hybridized carbons (Fsp3) is 0.391. The third kappa shape index (κ3) is 5.54. The number of hydrogen-bond donors (Lipinski definition) is 2. The van der Waals surface area contributed by atoms with Crippen molar-refractivity contribution in [2.45, 2.75) is 46.3 Å². The molecular formula is C23H30N6O3. The van der Waals surface area contributed by atoms with Gasteiger partial charge in [0.1, 0.15) is 11.4 Å². The van der Waals surface area contributed by atoms with Gasteiger partial charge in [-0.3, -0.25) is 4.79 Å². The van der Waals surface area contributed by atoms with Crippen LogP contribution in [0.25, 0.3) is 16.9 Å². The molecule has 0 saturated carbocycles. The molecule has 9 nitrogen and oxygen atoms in total. The fourth-order valence-corrected chi connectivity index (χ4v) is 3.15. The Morgan fingerprint density at radius 3 is 2.44 bits per heavy atom. The lowest BCUT2D eigenvalue weighted by molar-refractivity contribution is 0.0200. The Balaban J connectivity index is 1.72. The van der Waals surface area contributed by atoms with E-state index in [1.165, 1.54) is 0 Å². The van der Waals surface area contributed by atoms with Gasteiger partial charge in [-0.1, -0.05) is 12.1 Å². The van der Waals surface area contributed by atoms with Gasteiger partial charge in [-0.25, -0.2) is 14.3 Å². The van der Waals surface area contributed by atoms with Crippen LogP contribution in [0, 0.1) is 0 Å². The first kappa shape index (κ1) is 23.1. The summed E-state index contributed by atoms with van der Waals surface area (Å²) < 4.78 is 7.23. The SMILES string of the molecule is CC(C)N(CCNc1ccc2ncc(-c3ccc(C(N)=O)cc3)n2n1)C(=O)OC(C)(C)C. The minimum absolute atomic E-state index is 0.00529. The van der Waals surface area contributed by atoms with E-state index in [2.05, 4.69) is 15.4 Å². The molecule has 2 aromatic heterocycles. The molecule has 0 fully saturated rings.